The van der Waals surface area contributed by atoms with E-state index in [0.717, 1.165) is 50.5 Å². The number of nitrogens with zero attached hydrogens (tertiary/aromatic N) is 4. The van der Waals surface area contributed by atoms with Gasteiger partial charge in [-0.15, -0.1) is 0 Å². The summed E-state index contributed by atoms with van der Waals surface area (Å²) in [5.41, 5.74) is 7.05. The summed E-state index contributed by atoms with van der Waals surface area (Å²) < 4.78 is 7.19. The van der Waals surface area contributed by atoms with Crippen LogP contribution >= 0.6 is 23.4 Å². The number of nitrogen functional groups attached to an aromatic ring is 1. The van der Waals surface area contributed by atoms with Crippen molar-refractivity contribution >= 4 is 35.1 Å². The molecule has 0 bridgehead atoms. The van der Waals surface area contributed by atoms with Crippen molar-refractivity contribution in [2.75, 3.05) is 36.9 Å². The molecule has 0 atom stereocenters. The van der Waals surface area contributed by atoms with E-state index in [2.05, 4.69) is 14.9 Å². The van der Waals surface area contributed by atoms with Gasteiger partial charge in [-0.3, -0.25) is 14.3 Å². The highest BCUT2D eigenvalue weighted by Gasteiger charge is 2.38. The number of hydrogen-bond donors (Lipinski definition) is 1. The Kier molecular flexibility index (Phi) is 5.28. The smallest absolute Gasteiger partial charge is 0.270 e. The average Bonchev–Trinajstić information content (AvgIpc) is 3.14. The fourth-order valence-electron chi connectivity index (χ4n) is 3.90. The third-order valence-electron chi connectivity index (χ3n) is 5.78. The summed E-state index contributed by atoms with van der Waals surface area (Å²) in [4.78, 5) is 25.0. The number of halogens is 1. The second kappa shape index (κ2) is 7.57. The topological polar surface area (TPSA) is 86.3 Å². The predicted molar refractivity (Wildman–Crippen MR) is 111 cm³/mol. The van der Waals surface area contributed by atoms with E-state index in [1.54, 1.807) is 23.9 Å². The lowest BCUT2D eigenvalue weighted by Crippen LogP contribution is -2.43. The number of nitrogens with two attached hydrogens (primary N) is 1. The molecule has 0 radical (unpaired) electrons. The molecule has 2 aromatic heterocycles. The molecule has 2 aromatic rings. The number of anilines is 2. The van der Waals surface area contributed by atoms with Crippen molar-refractivity contribution in [3.8, 4) is 0 Å². The second-order valence-corrected chi connectivity index (χ2v) is 9.02. The van der Waals surface area contributed by atoms with E-state index in [-0.39, 0.29) is 11.4 Å². The number of piperidine rings is 1. The molecule has 0 aromatic carbocycles. The second-order valence-electron chi connectivity index (χ2n) is 7.59. The SMILES string of the molecule is Cc1nccc(Sc2c(N)nc(N3CCC4(CCOC4)CC3)n(C)c2=O)c1Cl. The van der Waals surface area contributed by atoms with Gasteiger partial charge in [0.1, 0.15) is 10.7 Å². The van der Waals surface area contributed by atoms with Gasteiger partial charge in [-0.05, 0) is 37.7 Å². The monoisotopic (exact) mass is 421 g/mol. The summed E-state index contributed by atoms with van der Waals surface area (Å²) in [6, 6.07) is 1.78. The van der Waals surface area contributed by atoms with E-state index in [1.165, 1.54) is 11.8 Å². The van der Waals surface area contributed by atoms with Gasteiger partial charge < -0.3 is 15.4 Å². The summed E-state index contributed by atoms with van der Waals surface area (Å²) in [5.74, 6) is 0.857. The van der Waals surface area contributed by atoms with Crippen molar-refractivity contribution in [1.82, 2.24) is 14.5 Å². The molecule has 0 saturated carbocycles. The minimum Gasteiger partial charge on any atom is -0.382 e. The first kappa shape index (κ1) is 19.5. The van der Waals surface area contributed by atoms with Gasteiger partial charge >= 0.3 is 0 Å². The van der Waals surface area contributed by atoms with Crippen molar-refractivity contribution in [2.45, 2.75) is 36.0 Å². The van der Waals surface area contributed by atoms with Gasteiger partial charge in [0.2, 0.25) is 5.95 Å². The van der Waals surface area contributed by atoms with E-state index in [9.17, 15) is 4.79 Å². The summed E-state index contributed by atoms with van der Waals surface area (Å²) in [5, 5.41) is 0.526. The Hall–Kier alpha value is -1.77. The third kappa shape index (κ3) is 3.49. The maximum Gasteiger partial charge on any atom is 0.270 e. The fourth-order valence-corrected chi connectivity index (χ4v) is 5.09. The summed E-state index contributed by atoms with van der Waals surface area (Å²) in [6.45, 7) is 5.23. The molecule has 0 unspecified atom stereocenters. The van der Waals surface area contributed by atoms with E-state index < -0.39 is 0 Å². The van der Waals surface area contributed by atoms with Gasteiger partial charge in [-0.25, -0.2) is 0 Å². The lowest BCUT2D eigenvalue weighted by molar-refractivity contribution is 0.133. The summed E-state index contributed by atoms with van der Waals surface area (Å²) in [7, 11) is 1.75. The predicted octanol–water partition coefficient (Wildman–Crippen LogP) is 2.88. The Bertz CT molecular complexity index is 948. The lowest BCUT2D eigenvalue weighted by Gasteiger charge is -2.39. The molecule has 9 heteroatoms. The van der Waals surface area contributed by atoms with Crippen LogP contribution in [0.4, 0.5) is 11.8 Å². The van der Waals surface area contributed by atoms with Crippen molar-refractivity contribution < 1.29 is 4.74 Å². The first-order valence-electron chi connectivity index (χ1n) is 9.38. The number of aryl methyl sites for hydroxylation is 1. The van der Waals surface area contributed by atoms with Gasteiger partial charge in [-0.1, -0.05) is 23.4 Å². The van der Waals surface area contributed by atoms with Crippen LogP contribution in [0.25, 0.3) is 0 Å². The van der Waals surface area contributed by atoms with Crippen LogP contribution in [-0.2, 0) is 11.8 Å². The highest BCUT2D eigenvalue weighted by atomic mass is 35.5. The number of rotatable bonds is 3. The minimum absolute atomic E-state index is 0.164. The largest absolute Gasteiger partial charge is 0.382 e. The summed E-state index contributed by atoms with van der Waals surface area (Å²) in [6.07, 6.45) is 4.88. The highest BCUT2D eigenvalue weighted by Crippen LogP contribution is 2.40. The number of pyridine rings is 1. The van der Waals surface area contributed by atoms with E-state index in [4.69, 9.17) is 22.1 Å². The Morgan fingerprint density at radius 3 is 2.75 bits per heavy atom. The lowest BCUT2D eigenvalue weighted by atomic mass is 9.78. The fraction of sp³-hybridized carbons (Fsp3) is 0.526. The van der Waals surface area contributed by atoms with Gasteiger partial charge in [0.25, 0.3) is 5.56 Å². The van der Waals surface area contributed by atoms with E-state index in [1.807, 2.05) is 6.92 Å². The standard InChI is InChI=1S/C19H24ClN5O2S/c1-12-14(20)13(3-7-22-12)28-15-16(21)23-18(24(2)17(15)26)25-8-4-19(5-9-25)6-10-27-11-19/h3,7H,4-6,8-11,21H2,1-2H3. The molecular formula is C19H24ClN5O2S. The highest BCUT2D eigenvalue weighted by molar-refractivity contribution is 7.99. The van der Waals surface area contributed by atoms with Crippen LogP contribution in [0.3, 0.4) is 0 Å². The van der Waals surface area contributed by atoms with Gasteiger partial charge in [-0.2, -0.15) is 4.98 Å². The molecule has 4 rings (SSSR count). The van der Waals surface area contributed by atoms with E-state index in [0.29, 0.717) is 27.0 Å². The van der Waals surface area contributed by atoms with Crippen LogP contribution < -0.4 is 16.2 Å². The molecule has 0 amide bonds. The average molecular weight is 422 g/mol. The van der Waals surface area contributed by atoms with E-state index >= 15 is 0 Å². The maximum atomic E-state index is 13.0. The molecule has 0 aliphatic carbocycles. The van der Waals surface area contributed by atoms with Crippen LogP contribution in [-0.4, -0.2) is 40.8 Å². The van der Waals surface area contributed by atoms with Crippen molar-refractivity contribution in [3.05, 3.63) is 33.3 Å². The zero-order valence-electron chi connectivity index (χ0n) is 16.1. The van der Waals surface area contributed by atoms with Crippen LogP contribution in [0.1, 0.15) is 25.0 Å². The molecule has 2 aliphatic rings. The molecule has 2 saturated heterocycles. The first-order valence-corrected chi connectivity index (χ1v) is 10.6. The van der Waals surface area contributed by atoms with Crippen molar-refractivity contribution in [1.29, 1.82) is 0 Å². The number of hydrogen-bond acceptors (Lipinski definition) is 7. The molecule has 28 heavy (non-hydrogen) atoms. The summed E-state index contributed by atoms with van der Waals surface area (Å²) >= 11 is 7.57. The molecular weight excluding hydrogens is 398 g/mol. The van der Waals surface area contributed by atoms with Crippen molar-refractivity contribution in [2.24, 2.45) is 12.5 Å². The van der Waals surface area contributed by atoms with Crippen LogP contribution in [0, 0.1) is 12.3 Å². The van der Waals surface area contributed by atoms with Gasteiger partial charge in [0, 0.05) is 37.8 Å². The zero-order valence-corrected chi connectivity index (χ0v) is 17.6. The van der Waals surface area contributed by atoms with Gasteiger partial charge in [0.15, 0.2) is 0 Å². The molecule has 150 valence electrons. The zero-order chi connectivity index (χ0) is 19.9. The minimum atomic E-state index is -0.164. The molecule has 2 N–H and O–H groups in total. The molecule has 7 nitrogen and oxygen atoms in total. The third-order valence-corrected chi connectivity index (χ3v) is 7.52. The molecule has 2 aliphatic heterocycles. The molecule has 1 spiro atoms. The Balaban J connectivity index is 1.60. The quantitative estimate of drug-likeness (QED) is 0.815. The van der Waals surface area contributed by atoms with Crippen LogP contribution in [0.5, 0.6) is 0 Å². The van der Waals surface area contributed by atoms with Crippen molar-refractivity contribution in [3.63, 3.8) is 0 Å². The maximum absolute atomic E-state index is 13.0. The molecule has 2 fully saturated rings. The van der Waals surface area contributed by atoms with Crippen LogP contribution in [0.2, 0.25) is 5.02 Å². The Morgan fingerprint density at radius 2 is 2.07 bits per heavy atom. The van der Waals surface area contributed by atoms with Crippen LogP contribution in [0.15, 0.2) is 26.8 Å². The van der Waals surface area contributed by atoms with Gasteiger partial charge in [0.05, 0.1) is 17.3 Å². The normalized spacial score (nSPS) is 18.8. The number of ether oxygens (including phenoxy) is 1. The number of aromatic nitrogens is 3. The first-order chi connectivity index (χ1) is 13.4. The molecule has 4 heterocycles. The Labute approximate surface area is 173 Å². The Morgan fingerprint density at radius 1 is 1.32 bits per heavy atom.